The second-order valence-electron chi connectivity index (χ2n) is 5.67. The third kappa shape index (κ3) is 3.57. The molecule has 0 spiro atoms. The summed E-state index contributed by atoms with van der Waals surface area (Å²) in [5.41, 5.74) is 3.39. The fourth-order valence-electron chi connectivity index (χ4n) is 1.79. The van der Waals surface area contributed by atoms with Crippen LogP contribution in [-0.2, 0) is 6.54 Å². The number of hydrogen-bond donors (Lipinski definition) is 1. The lowest BCUT2D eigenvalue weighted by atomic mass is 10.1. The first-order valence-electron chi connectivity index (χ1n) is 6.31. The molecule has 1 aromatic carbocycles. The van der Waals surface area contributed by atoms with Crippen molar-refractivity contribution in [2.75, 3.05) is 0 Å². The fourth-order valence-corrected chi connectivity index (χ4v) is 2.39. The maximum atomic E-state index is 5.60. The second-order valence-corrected chi connectivity index (χ2v) is 6.75. The van der Waals surface area contributed by atoms with Crippen molar-refractivity contribution >= 4 is 22.6 Å². The van der Waals surface area contributed by atoms with Crippen LogP contribution in [-0.4, -0.2) is 10.5 Å². The van der Waals surface area contributed by atoms with Crippen molar-refractivity contribution < 1.29 is 4.42 Å². The molecule has 1 aromatic heterocycles. The molecule has 0 bridgehead atoms. The van der Waals surface area contributed by atoms with Crippen LogP contribution in [0.25, 0.3) is 11.3 Å². The highest BCUT2D eigenvalue weighted by Crippen LogP contribution is 2.29. The van der Waals surface area contributed by atoms with Gasteiger partial charge in [-0.3, -0.25) is 0 Å². The van der Waals surface area contributed by atoms with Gasteiger partial charge in [0.15, 0.2) is 12.2 Å². The van der Waals surface area contributed by atoms with Gasteiger partial charge in [-0.1, -0.05) is 18.2 Å². The number of halogens is 1. The average Bonchev–Trinajstić information content (AvgIpc) is 2.77. The minimum atomic E-state index is 0.0655. The second kappa shape index (κ2) is 5.63. The summed E-state index contributed by atoms with van der Waals surface area (Å²) in [5.74, 6) is 0.866. The molecule has 2 aromatic rings. The number of oxazole rings is 1. The van der Waals surface area contributed by atoms with Crippen LogP contribution in [0.15, 0.2) is 29.0 Å². The molecule has 0 radical (unpaired) electrons. The Morgan fingerprint density at radius 3 is 2.74 bits per heavy atom. The average molecular weight is 370 g/mol. The lowest BCUT2D eigenvalue weighted by Crippen LogP contribution is -2.35. The molecular weight excluding hydrogens is 351 g/mol. The predicted molar refractivity (Wildman–Crippen MR) is 86.0 cm³/mol. The largest absolute Gasteiger partial charge is 0.443 e. The van der Waals surface area contributed by atoms with Gasteiger partial charge >= 0.3 is 0 Å². The van der Waals surface area contributed by atoms with E-state index in [9.17, 15) is 0 Å². The molecule has 0 aliphatic heterocycles. The van der Waals surface area contributed by atoms with Crippen molar-refractivity contribution in [3.8, 4) is 11.3 Å². The van der Waals surface area contributed by atoms with Gasteiger partial charge in [-0.15, -0.1) is 0 Å². The first-order valence-corrected chi connectivity index (χ1v) is 7.39. The number of nitrogens with zero attached hydrogens (tertiary/aromatic N) is 1. The van der Waals surface area contributed by atoms with Gasteiger partial charge < -0.3 is 9.73 Å². The zero-order valence-electron chi connectivity index (χ0n) is 11.7. The highest BCUT2D eigenvalue weighted by molar-refractivity contribution is 14.1. The molecule has 2 rings (SSSR count). The first kappa shape index (κ1) is 14.5. The topological polar surface area (TPSA) is 38.1 Å². The van der Waals surface area contributed by atoms with E-state index in [1.54, 1.807) is 0 Å². The van der Waals surface area contributed by atoms with Gasteiger partial charge in [0.1, 0.15) is 5.69 Å². The third-order valence-electron chi connectivity index (χ3n) is 2.86. The number of aromatic nitrogens is 1. The minimum Gasteiger partial charge on any atom is -0.443 e. The van der Waals surface area contributed by atoms with Crippen molar-refractivity contribution in [1.82, 2.24) is 10.3 Å². The Bertz CT molecular complexity index is 570. The molecule has 102 valence electrons. The van der Waals surface area contributed by atoms with Crippen molar-refractivity contribution in [2.45, 2.75) is 39.8 Å². The maximum Gasteiger partial charge on any atom is 0.181 e. The van der Waals surface area contributed by atoms with Gasteiger partial charge in [0.2, 0.25) is 0 Å². The molecule has 0 aliphatic carbocycles. The molecule has 0 saturated carbocycles. The van der Waals surface area contributed by atoms with Gasteiger partial charge in [0.25, 0.3) is 0 Å². The summed E-state index contributed by atoms with van der Waals surface area (Å²) in [7, 11) is 0. The highest BCUT2D eigenvalue weighted by Gasteiger charge is 2.16. The van der Waals surface area contributed by atoms with Crippen LogP contribution in [0.5, 0.6) is 0 Å². The predicted octanol–water partition coefficient (Wildman–Crippen LogP) is 4.14. The zero-order chi connectivity index (χ0) is 14.0. The number of hydrogen-bond acceptors (Lipinski definition) is 3. The first-order chi connectivity index (χ1) is 8.88. The van der Waals surface area contributed by atoms with Crippen molar-refractivity contribution in [2.24, 2.45) is 0 Å². The van der Waals surface area contributed by atoms with Crippen LogP contribution in [0.2, 0.25) is 0 Å². The number of nitrogens with one attached hydrogen (secondary N) is 1. The molecule has 3 nitrogen and oxygen atoms in total. The SMILES string of the molecule is Cc1cccc(-c2ocnc2CNC(C)(C)C)c1I. The number of benzene rings is 1. The van der Waals surface area contributed by atoms with Gasteiger partial charge in [-0.25, -0.2) is 4.98 Å². The van der Waals surface area contributed by atoms with Crippen LogP contribution in [0.4, 0.5) is 0 Å². The summed E-state index contributed by atoms with van der Waals surface area (Å²) in [6.07, 6.45) is 1.52. The lowest BCUT2D eigenvalue weighted by Gasteiger charge is -2.20. The van der Waals surface area contributed by atoms with Crippen LogP contribution in [0, 0.1) is 10.5 Å². The third-order valence-corrected chi connectivity index (χ3v) is 4.30. The maximum absolute atomic E-state index is 5.60. The quantitative estimate of drug-likeness (QED) is 0.826. The number of aryl methyl sites for hydroxylation is 1. The van der Waals surface area contributed by atoms with Crippen molar-refractivity contribution in [3.63, 3.8) is 0 Å². The summed E-state index contributed by atoms with van der Waals surface area (Å²) in [6.45, 7) is 9.24. The minimum absolute atomic E-state index is 0.0655. The molecule has 0 atom stereocenters. The van der Waals surface area contributed by atoms with E-state index in [0.29, 0.717) is 6.54 Å². The molecule has 4 heteroatoms. The smallest absolute Gasteiger partial charge is 0.181 e. The Balaban J connectivity index is 2.31. The Labute approximate surface area is 128 Å². The van der Waals surface area contributed by atoms with Crippen LogP contribution >= 0.6 is 22.6 Å². The molecule has 0 unspecified atom stereocenters. The van der Waals surface area contributed by atoms with Crippen LogP contribution in [0.3, 0.4) is 0 Å². The van der Waals surface area contributed by atoms with E-state index in [1.807, 2.05) is 0 Å². The summed E-state index contributed by atoms with van der Waals surface area (Å²) in [5, 5.41) is 3.44. The van der Waals surface area contributed by atoms with Gasteiger partial charge in [0.05, 0.1) is 0 Å². The Kier molecular flexibility index (Phi) is 4.30. The summed E-state index contributed by atoms with van der Waals surface area (Å²) >= 11 is 2.36. The summed E-state index contributed by atoms with van der Waals surface area (Å²) < 4.78 is 6.81. The Hall–Kier alpha value is -0.880. The summed E-state index contributed by atoms with van der Waals surface area (Å²) in [4.78, 5) is 4.33. The standard InChI is InChI=1S/C15H19IN2O/c1-10-6-5-7-11(13(10)16)14-12(17-9-19-14)8-18-15(2,3)4/h5-7,9,18H,8H2,1-4H3. The van der Waals surface area contributed by atoms with Gasteiger partial charge in [-0.2, -0.15) is 0 Å². The molecule has 1 heterocycles. The van der Waals surface area contributed by atoms with Crippen LogP contribution < -0.4 is 5.32 Å². The normalized spacial score (nSPS) is 11.8. The molecule has 19 heavy (non-hydrogen) atoms. The van der Waals surface area contributed by atoms with Gasteiger partial charge in [-0.05, 0) is 55.8 Å². The van der Waals surface area contributed by atoms with Crippen LogP contribution in [0.1, 0.15) is 32.0 Å². The molecule has 0 saturated heterocycles. The molecule has 0 fully saturated rings. The molecule has 0 aliphatic rings. The number of rotatable bonds is 3. The summed E-state index contributed by atoms with van der Waals surface area (Å²) in [6, 6.07) is 6.24. The van der Waals surface area contributed by atoms with E-state index in [0.717, 1.165) is 17.0 Å². The van der Waals surface area contributed by atoms with E-state index in [2.05, 4.69) is 78.8 Å². The van der Waals surface area contributed by atoms with Crippen molar-refractivity contribution in [3.05, 3.63) is 39.4 Å². The molecular formula is C15H19IN2O. The van der Waals surface area contributed by atoms with E-state index >= 15 is 0 Å². The zero-order valence-corrected chi connectivity index (χ0v) is 13.9. The van der Waals surface area contributed by atoms with E-state index in [4.69, 9.17) is 4.42 Å². The molecule has 0 amide bonds. The lowest BCUT2D eigenvalue weighted by molar-refractivity contribution is 0.421. The monoisotopic (exact) mass is 370 g/mol. The molecule has 1 N–H and O–H groups in total. The Morgan fingerprint density at radius 2 is 2.05 bits per heavy atom. The highest BCUT2D eigenvalue weighted by atomic mass is 127. The Morgan fingerprint density at radius 1 is 1.32 bits per heavy atom. The van der Waals surface area contributed by atoms with E-state index < -0.39 is 0 Å². The van der Waals surface area contributed by atoms with E-state index in [-0.39, 0.29) is 5.54 Å². The van der Waals surface area contributed by atoms with E-state index in [1.165, 1.54) is 15.5 Å². The fraction of sp³-hybridized carbons (Fsp3) is 0.400. The van der Waals surface area contributed by atoms with Gasteiger partial charge in [0, 0.05) is 21.2 Å². The van der Waals surface area contributed by atoms with Crippen molar-refractivity contribution in [1.29, 1.82) is 0 Å².